The van der Waals surface area contributed by atoms with Crippen molar-refractivity contribution in [2.75, 3.05) is 32.7 Å². The van der Waals surface area contributed by atoms with Crippen molar-refractivity contribution in [3.8, 4) is 0 Å². The minimum atomic E-state index is -1.37. The maximum atomic E-state index is 14.9. The van der Waals surface area contributed by atoms with Gasteiger partial charge in [0.15, 0.2) is 0 Å². The molecule has 35 nitrogen and oxygen atoms in total. The number of hydrogen-bond acceptors (Lipinski definition) is 19. The average Bonchev–Trinajstić information content (AvgIpc) is 1.62. The van der Waals surface area contributed by atoms with E-state index in [1.165, 1.54) is 6.92 Å². The number of H-pyrrole nitrogens is 1. The molecule has 672 valence electrons. The van der Waals surface area contributed by atoms with Crippen LogP contribution in [0.15, 0.2) is 60.8 Å². The van der Waals surface area contributed by atoms with E-state index in [0.29, 0.717) is 57.1 Å². The van der Waals surface area contributed by atoms with Crippen molar-refractivity contribution in [3.63, 3.8) is 0 Å². The lowest BCUT2D eigenvalue weighted by atomic mass is 9.96. The number of carbonyl (C=O) groups excluding carboxylic acids is 15. The average molecular weight is 1680 g/mol. The Bertz CT molecular complexity index is 3800. The molecule has 1 heterocycles. The van der Waals surface area contributed by atoms with Crippen LogP contribution in [0.4, 0.5) is 0 Å². The number of aromatic nitrogens is 1. The van der Waals surface area contributed by atoms with Gasteiger partial charge in [-0.15, -0.1) is 0 Å². The summed E-state index contributed by atoms with van der Waals surface area (Å²) in [5.74, 6) is -13.2. The number of para-hydroxylation sites is 1. The molecule has 0 spiro atoms. The molecule has 0 unspecified atom stereocenters. The first-order valence-electron chi connectivity index (χ1n) is 42.6. The molecule has 35 heteroatoms. The van der Waals surface area contributed by atoms with Crippen LogP contribution in [0.1, 0.15) is 205 Å². The number of nitrogens with one attached hydrogen (secondary N) is 15. The minimum Gasteiger partial charge on any atom is -0.368 e. The first-order valence-corrected chi connectivity index (χ1v) is 42.6. The number of aromatic amines is 1. The summed E-state index contributed by atoms with van der Waals surface area (Å²) in [5, 5.41) is 39.0. The van der Waals surface area contributed by atoms with Crippen LogP contribution in [-0.2, 0) is 84.8 Å². The van der Waals surface area contributed by atoms with E-state index >= 15 is 0 Å². The number of hydrogen-bond donors (Lipinski definition) is 20. The third-order valence-electron chi connectivity index (χ3n) is 20.5. The number of primary amides is 1. The van der Waals surface area contributed by atoms with Gasteiger partial charge in [-0.3, -0.25) is 71.9 Å². The van der Waals surface area contributed by atoms with Crippen LogP contribution in [0, 0.1) is 41.4 Å². The van der Waals surface area contributed by atoms with Crippen molar-refractivity contribution in [2.45, 2.75) is 285 Å². The Morgan fingerprint density at radius 1 is 0.350 bits per heavy atom. The normalized spacial score (nSPS) is 15.0. The zero-order valence-corrected chi connectivity index (χ0v) is 73.2. The fourth-order valence-electron chi connectivity index (χ4n) is 13.5. The Balaban J connectivity index is 1.84. The summed E-state index contributed by atoms with van der Waals surface area (Å²) in [7, 11) is 0. The predicted molar refractivity (Wildman–Crippen MR) is 460 cm³/mol. The fraction of sp³-hybridized carbons (Fsp3) is 0.659. The van der Waals surface area contributed by atoms with Gasteiger partial charge in [-0.2, -0.15) is 0 Å². The van der Waals surface area contributed by atoms with E-state index in [1.54, 1.807) is 78.1 Å². The van der Waals surface area contributed by atoms with Gasteiger partial charge in [-0.05, 0) is 169 Å². The third kappa shape index (κ3) is 37.2. The van der Waals surface area contributed by atoms with E-state index in [-0.39, 0.29) is 94.5 Å². The highest BCUT2D eigenvalue weighted by Gasteiger charge is 2.39. The summed E-state index contributed by atoms with van der Waals surface area (Å²) >= 11 is 0. The van der Waals surface area contributed by atoms with E-state index in [2.05, 4.69) is 79.4 Å². The molecule has 0 fully saturated rings. The topological polar surface area (TPSA) is 570 Å². The van der Waals surface area contributed by atoms with Gasteiger partial charge in [0.2, 0.25) is 88.6 Å². The van der Waals surface area contributed by atoms with Crippen molar-refractivity contribution in [3.05, 3.63) is 71.9 Å². The zero-order valence-electron chi connectivity index (χ0n) is 73.2. The van der Waals surface area contributed by atoms with E-state index in [0.717, 1.165) is 16.5 Å². The molecule has 3 aromatic rings. The second kappa shape index (κ2) is 54.2. The zero-order chi connectivity index (χ0) is 90.0. The van der Waals surface area contributed by atoms with Crippen molar-refractivity contribution in [1.29, 1.82) is 0 Å². The second-order valence-electron chi connectivity index (χ2n) is 33.7. The monoisotopic (exact) mass is 1680 g/mol. The number of benzene rings is 2. The molecule has 0 saturated heterocycles. The maximum Gasteiger partial charge on any atom is 0.243 e. The minimum absolute atomic E-state index is 0.00803. The molecule has 0 saturated carbocycles. The van der Waals surface area contributed by atoms with Crippen LogP contribution >= 0.6 is 0 Å². The van der Waals surface area contributed by atoms with Crippen LogP contribution in [0.2, 0.25) is 0 Å². The smallest absolute Gasteiger partial charge is 0.243 e. The summed E-state index contributed by atoms with van der Waals surface area (Å²) in [6.45, 7) is 26.0. The van der Waals surface area contributed by atoms with Gasteiger partial charge in [0.25, 0.3) is 0 Å². The first kappa shape index (κ1) is 104. The van der Waals surface area contributed by atoms with Crippen LogP contribution in [0.5, 0.6) is 0 Å². The summed E-state index contributed by atoms with van der Waals surface area (Å²) < 4.78 is 0. The number of carbonyl (C=O) groups is 15. The van der Waals surface area contributed by atoms with Gasteiger partial charge in [0.05, 0.1) is 13.1 Å². The molecule has 15 amide bonds. The highest BCUT2D eigenvalue weighted by molar-refractivity contribution is 6.00. The molecule has 1 aromatic heterocycles. The molecule has 120 heavy (non-hydrogen) atoms. The fourth-order valence-corrected chi connectivity index (χ4v) is 13.5. The number of rotatable bonds is 57. The maximum absolute atomic E-state index is 14.9. The Hall–Kier alpha value is -10.1. The van der Waals surface area contributed by atoms with Crippen molar-refractivity contribution >= 4 is 99.5 Å². The highest BCUT2D eigenvalue weighted by Crippen LogP contribution is 2.22. The van der Waals surface area contributed by atoms with E-state index in [9.17, 15) is 71.9 Å². The molecule has 0 aliphatic carbocycles. The number of fused-ring (bicyclic) bond motifs is 1. The first-order chi connectivity index (χ1) is 56.7. The highest BCUT2D eigenvalue weighted by atomic mass is 16.2. The van der Waals surface area contributed by atoms with Crippen LogP contribution in [0.25, 0.3) is 10.9 Å². The lowest BCUT2D eigenvalue weighted by molar-refractivity contribution is -0.136. The molecule has 25 N–H and O–H groups in total. The quantitative estimate of drug-likeness (QED) is 0.0347. The molecule has 0 aliphatic heterocycles. The molecule has 0 aliphatic rings. The standard InChI is InChI=1S/C85H142N20O15/c1-16-53(14)72(83(118)92-46-69(107)93-54(15)74(109)103-70(51(10)11)85(120)102-64(40-49(6)7)78(113)97-61(34-24-27-37-88)77(112)104-71(52(12)13)84(119)98-62(73(90)108)38-47(2)3)105-82(117)65(41-50(8)9)100-76(111)59(32-22-25-35-86)95-80(115)66(42-55-28-18-17-19-29-55)101-79(114)63(39-48(4)5)99-75(110)60(33-23-26-36-87)96-81(116)67(94-68(106)44-89)43-56-45-91-58-31-21-20-30-57(56)58/h17-21,28-31,45,47-54,59-67,70-72,91H,16,22-27,32-44,46,86-89H2,1-15H3,(H2,90,108)(H,92,118)(H,93,107)(H,94,106)(H,95,115)(H,96,116)(H,97,113)(H,98,119)(H,99,110)(H,100,111)(H,101,114)(H,102,120)(H,103,109)(H,104,112)(H,105,117)/t53-,54-,59-,60-,61-,62-,63-,64-,65-,66-,67-,70-,71-,72-/m0/s1. The van der Waals surface area contributed by atoms with Gasteiger partial charge < -0.3 is 108 Å². The van der Waals surface area contributed by atoms with Gasteiger partial charge in [0, 0.05) is 29.9 Å². The summed E-state index contributed by atoms with van der Waals surface area (Å²) in [5.41, 5.74) is 31.0. The van der Waals surface area contributed by atoms with Gasteiger partial charge >= 0.3 is 0 Å². The van der Waals surface area contributed by atoms with Gasteiger partial charge in [-0.1, -0.05) is 152 Å². The molecule has 2 aromatic carbocycles. The van der Waals surface area contributed by atoms with Crippen molar-refractivity contribution in [2.24, 2.45) is 70.1 Å². The molecular weight excluding hydrogens is 1540 g/mol. The van der Waals surface area contributed by atoms with Crippen LogP contribution in [-0.4, -0.2) is 205 Å². The number of unbranched alkanes of at least 4 members (excludes halogenated alkanes) is 3. The van der Waals surface area contributed by atoms with E-state index in [4.69, 9.17) is 28.7 Å². The van der Waals surface area contributed by atoms with E-state index in [1.807, 2.05) is 79.7 Å². The van der Waals surface area contributed by atoms with Crippen molar-refractivity contribution in [1.82, 2.24) is 79.4 Å². The number of nitrogens with two attached hydrogens (primary N) is 5. The van der Waals surface area contributed by atoms with Gasteiger partial charge in [-0.25, -0.2) is 0 Å². The molecular formula is C85H142N20O15. The predicted octanol–water partition coefficient (Wildman–Crippen LogP) is 0.765. The summed E-state index contributed by atoms with van der Waals surface area (Å²) in [4.78, 5) is 214. The Morgan fingerprint density at radius 3 is 1.13 bits per heavy atom. The van der Waals surface area contributed by atoms with Gasteiger partial charge in [0.1, 0.15) is 78.5 Å². The summed E-state index contributed by atoms with van der Waals surface area (Å²) in [6, 6.07) is 0.164. The SMILES string of the molecule is CC[C@H](C)[C@H](NC(=O)[C@H](CC(C)C)NC(=O)[C@H](CCCCN)NC(=O)[C@H](Cc1ccccc1)NC(=O)[C@H](CC(C)C)NC(=O)[C@H](CCCCN)NC(=O)[C@H](Cc1c[nH]c2ccccc12)NC(=O)CN)C(=O)NCC(=O)N[C@@H](C)C(=O)N[C@H](C(=O)N[C@@H](CC(C)C)C(=O)N[C@@H](CCCCN)C(=O)N[C@H](C(=O)N[C@@H](CC(C)C)C(N)=O)C(C)C)C(C)C. The molecule has 0 radical (unpaired) electrons. The lowest BCUT2D eigenvalue weighted by Gasteiger charge is -2.29. The summed E-state index contributed by atoms with van der Waals surface area (Å²) in [6.07, 6.45) is 5.34. The van der Waals surface area contributed by atoms with Crippen LogP contribution in [0.3, 0.4) is 0 Å². The van der Waals surface area contributed by atoms with Crippen molar-refractivity contribution < 1.29 is 71.9 Å². The Labute approximate surface area is 707 Å². The molecule has 14 atom stereocenters. The lowest BCUT2D eigenvalue weighted by Crippen LogP contribution is -2.61. The molecule has 3 rings (SSSR count). The second-order valence-corrected chi connectivity index (χ2v) is 33.7. The Kier molecular flexibility index (Phi) is 47.0. The molecule has 0 bridgehead atoms. The number of amides is 15. The Morgan fingerprint density at radius 2 is 0.708 bits per heavy atom. The third-order valence-corrected chi connectivity index (χ3v) is 20.5. The largest absolute Gasteiger partial charge is 0.368 e. The van der Waals surface area contributed by atoms with E-state index < -0.39 is 198 Å². The van der Waals surface area contributed by atoms with Crippen LogP contribution < -0.4 is 103 Å².